The number of allylic oxidation sites excluding steroid dienone is 12. The average molecular weight is 1030 g/mol. The SMILES string of the molecule is CC/C=C\C/C=C\C/C=C\CCCCCC(=O)OC(CO)COP(=O)(O)OCC(COC(=O)CCCCCCC/C=C\C/C=C\CCCCC)OC(=O)CCCCCCCCC/C=C\CCCCCCCC. The summed E-state index contributed by atoms with van der Waals surface area (Å²) in [7, 11) is -4.76. The highest BCUT2D eigenvalue weighted by Crippen LogP contribution is 2.43. The highest BCUT2D eigenvalue weighted by molar-refractivity contribution is 7.47. The number of carbonyl (C=O) groups is 3. The molecule has 0 aromatic carbocycles. The van der Waals surface area contributed by atoms with Gasteiger partial charge in [0.15, 0.2) is 6.10 Å². The second-order valence-corrected chi connectivity index (χ2v) is 20.5. The van der Waals surface area contributed by atoms with Gasteiger partial charge >= 0.3 is 25.7 Å². The van der Waals surface area contributed by atoms with E-state index in [4.69, 9.17) is 23.3 Å². The Morgan fingerprint density at radius 3 is 1.17 bits per heavy atom. The first-order chi connectivity index (χ1) is 35.2. The fourth-order valence-electron chi connectivity index (χ4n) is 7.69. The van der Waals surface area contributed by atoms with E-state index >= 15 is 0 Å². The van der Waals surface area contributed by atoms with Crippen molar-refractivity contribution in [1.29, 1.82) is 0 Å². The van der Waals surface area contributed by atoms with Crippen LogP contribution in [0.5, 0.6) is 0 Å². The molecule has 0 rings (SSSR count). The molecule has 0 saturated carbocycles. The Labute approximate surface area is 439 Å². The molecule has 11 nitrogen and oxygen atoms in total. The number of carbonyl (C=O) groups excluding carboxylic acids is 3. The molecule has 0 aliphatic rings. The number of aliphatic hydroxyl groups is 1. The summed E-state index contributed by atoms with van der Waals surface area (Å²) < 4.78 is 39.5. The van der Waals surface area contributed by atoms with E-state index in [0.29, 0.717) is 19.3 Å². The molecule has 0 aliphatic heterocycles. The van der Waals surface area contributed by atoms with Crippen LogP contribution in [-0.4, -0.2) is 66.5 Å². The molecule has 0 radical (unpaired) electrons. The highest BCUT2D eigenvalue weighted by Gasteiger charge is 2.28. The van der Waals surface area contributed by atoms with Gasteiger partial charge in [0.05, 0.1) is 19.8 Å². The molecule has 3 atom stereocenters. The topological polar surface area (TPSA) is 155 Å². The summed E-state index contributed by atoms with van der Waals surface area (Å²) in [5, 5.41) is 9.80. The second kappa shape index (κ2) is 54.2. The van der Waals surface area contributed by atoms with Crippen LogP contribution in [0.1, 0.15) is 252 Å². The number of unbranched alkanes of at least 4 members (excludes halogenated alkanes) is 24. The van der Waals surface area contributed by atoms with Gasteiger partial charge in [0.2, 0.25) is 0 Å². The van der Waals surface area contributed by atoms with Crippen molar-refractivity contribution in [2.75, 3.05) is 26.4 Å². The van der Waals surface area contributed by atoms with Gasteiger partial charge in [0.1, 0.15) is 12.7 Å². The number of esters is 3. The minimum atomic E-state index is -4.76. The minimum Gasteiger partial charge on any atom is -0.462 e. The van der Waals surface area contributed by atoms with Crippen LogP contribution in [0, 0.1) is 0 Å². The first-order valence-corrected chi connectivity index (χ1v) is 30.3. The van der Waals surface area contributed by atoms with Crippen LogP contribution < -0.4 is 0 Å². The summed E-state index contributed by atoms with van der Waals surface area (Å²) in [6, 6.07) is 0. The van der Waals surface area contributed by atoms with Gasteiger partial charge in [-0.15, -0.1) is 0 Å². The van der Waals surface area contributed by atoms with Crippen LogP contribution in [0.2, 0.25) is 0 Å². The maximum Gasteiger partial charge on any atom is 0.472 e. The summed E-state index contributed by atoms with van der Waals surface area (Å²) >= 11 is 0. The van der Waals surface area contributed by atoms with Gasteiger partial charge in [-0.3, -0.25) is 23.4 Å². The van der Waals surface area contributed by atoms with Crippen molar-refractivity contribution < 1.29 is 52.2 Å². The Morgan fingerprint density at radius 2 is 0.722 bits per heavy atom. The predicted octanol–water partition coefficient (Wildman–Crippen LogP) is 16.9. The lowest BCUT2D eigenvalue weighted by atomic mass is 10.1. The number of hydrogen-bond acceptors (Lipinski definition) is 10. The molecule has 0 fully saturated rings. The number of hydrogen-bond donors (Lipinski definition) is 2. The van der Waals surface area contributed by atoms with Gasteiger partial charge in [0.25, 0.3) is 0 Å². The van der Waals surface area contributed by atoms with Crippen molar-refractivity contribution in [3.8, 4) is 0 Å². The second-order valence-electron chi connectivity index (χ2n) is 19.1. The molecule has 0 saturated heterocycles. The zero-order valence-corrected chi connectivity index (χ0v) is 46.8. The molecule has 416 valence electrons. The lowest BCUT2D eigenvalue weighted by molar-refractivity contribution is -0.161. The number of ether oxygens (including phenoxy) is 3. The minimum absolute atomic E-state index is 0.139. The molecule has 2 N–H and O–H groups in total. The lowest BCUT2D eigenvalue weighted by Crippen LogP contribution is -2.30. The molecular weight excluding hydrogens is 928 g/mol. The molecule has 0 aliphatic carbocycles. The van der Waals surface area contributed by atoms with Crippen molar-refractivity contribution in [2.45, 2.75) is 264 Å². The van der Waals surface area contributed by atoms with E-state index in [1.54, 1.807) is 0 Å². The van der Waals surface area contributed by atoms with Crippen molar-refractivity contribution in [2.24, 2.45) is 0 Å². The molecule has 0 spiro atoms. The summed E-state index contributed by atoms with van der Waals surface area (Å²) in [6.45, 7) is 4.45. The molecular formula is C60H105O11P. The Hall–Kier alpha value is -3.08. The van der Waals surface area contributed by atoms with Gasteiger partial charge in [0, 0.05) is 19.3 Å². The van der Waals surface area contributed by atoms with Gasteiger partial charge in [-0.05, 0) is 109 Å². The van der Waals surface area contributed by atoms with E-state index in [9.17, 15) is 28.9 Å². The average Bonchev–Trinajstić information content (AvgIpc) is 3.37. The molecule has 3 unspecified atom stereocenters. The summed E-state index contributed by atoms with van der Waals surface area (Å²) in [5.41, 5.74) is 0. The van der Waals surface area contributed by atoms with Crippen molar-refractivity contribution in [3.63, 3.8) is 0 Å². The van der Waals surface area contributed by atoms with Gasteiger partial charge < -0.3 is 24.2 Å². The lowest BCUT2D eigenvalue weighted by Gasteiger charge is -2.21. The van der Waals surface area contributed by atoms with E-state index in [1.165, 1.54) is 77.0 Å². The molecule has 0 amide bonds. The Balaban J connectivity index is 4.78. The summed E-state index contributed by atoms with van der Waals surface area (Å²) in [5.74, 6) is -1.51. The smallest absolute Gasteiger partial charge is 0.462 e. The Morgan fingerprint density at radius 1 is 0.403 bits per heavy atom. The quantitative estimate of drug-likeness (QED) is 0.0197. The maximum absolute atomic E-state index is 12.9. The van der Waals surface area contributed by atoms with Crippen LogP contribution in [-0.2, 0) is 42.2 Å². The van der Waals surface area contributed by atoms with Gasteiger partial charge in [-0.1, -0.05) is 196 Å². The van der Waals surface area contributed by atoms with Crippen LogP contribution in [0.4, 0.5) is 0 Å². The number of phosphoric acid groups is 1. The molecule has 0 bridgehead atoms. The van der Waals surface area contributed by atoms with Crippen LogP contribution >= 0.6 is 7.82 Å². The third-order valence-corrected chi connectivity index (χ3v) is 13.0. The zero-order chi connectivity index (χ0) is 52.7. The fraction of sp³-hybridized carbons (Fsp3) is 0.750. The predicted molar refractivity (Wildman–Crippen MR) is 298 cm³/mol. The van der Waals surface area contributed by atoms with Crippen LogP contribution in [0.15, 0.2) is 72.9 Å². The third-order valence-electron chi connectivity index (χ3n) is 12.1. The summed E-state index contributed by atoms with van der Waals surface area (Å²) in [6.07, 6.45) is 60.0. The monoisotopic (exact) mass is 1030 g/mol. The van der Waals surface area contributed by atoms with E-state index < -0.39 is 57.8 Å². The number of aliphatic hydroxyl groups excluding tert-OH is 1. The van der Waals surface area contributed by atoms with Crippen LogP contribution in [0.25, 0.3) is 0 Å². The first-order valence-electron chi connectivity index (χ1n) is 28.8. The van der Waals surface area contributed by atoms with Gasteiger partial charge in [-0.25, -0.2) is 4.57 Å². The van der Waals surface area contributed by atoms with Crippen LogP contribution in [0.3, 0.4) is 0 Å². The zero-order valence-electron chi connectivity index (χ0n) is 45.9. The highest BCUT2D eigenvalue weighted by atomic mass is 31.2. The van der Waals surface area contributed by atoms with E-state index in [0.717, 1.165) is 116 Å². The standard InChI is InChI=1S/C60H105O11P/c1-4-7-10-13-16-19-22-25-27-28-30-33-36-39-42-45-48-51-60(64)71-57(53-67-58(62)49-46-43-40-37-34-32-29-26-23-20-17-14-11-8-5-2)55-69-72(65,66)68-54-56(52-61)70-59(63)50-47-44-41-38-35-31-24-21-18-15-12-9-6-3/h9,12,17-18,20-21,25-27,29,31,35,56-57,61H,4-8,10-11,13-16,19,22-24,28,30,32-34,36-55H2,1-3H3,(H,65,66)/b12-9-,20-17-,21-18-,27-25-,29-26-,35-31-. The van der Waals surface area contributed by atoms with E-state index in [1.807, 2.05) is 0 Å². The summed E-state index contributed by atoms with van der Waals surface area (Å²) in [4.78, 5) is 48.5. The first kappa shape index (κ1) is 68.9. The van der Waals surface area contributed by atoms with Crippen molar-refractivity contribution in [3.05, 3.63) is 72.9 Å². The largest absolute Gasteiger partial charge is 0.472 e. The maximum atomic E-state index is 12.9. The van der Waals surface area contributed by atoms with E-state index in [2.05, 4.69) is 93.7 Å². The molecule has 12 heteroatoms. The molecule has 0 heterocycles. The van der Waals surface area contributed by atoms with E-state index in [-0.39, 0.29) is 25.9 Å². The van der Waals surface area contributed by atoms with Crippen molar-refractivity contribution in [1.82, 2.24) is 0 Å². The Kier molecular flexibility index (Phi) is 51.9. The fourth-order valence-corrected chi connectivity index (χ4v) is 8.47. The van der Waals surface area contributed by atoms with Gasteiger partial charge in [-0.2, -0.15) is 0 Å². The molecule has 0 aromatic rings. The van der Waals surface area contributed by atoms with Crippen molar-refractivity contribution >= 4 is 25.7 Å². The normalized spacial score (nSPS) is 13.9. The molecule has 0 aromatic heterocycles. The Bertz CT molecular complexity index is 1490. The molecule has 72 heavy (non-hydrogen) atoms. The third kappa shape index (κ3) is 51.8. The number of phosphoric ester groups is 1. The number of rotatable bonds is 53.